The monoisotopic (exact) mass is 368 g/mol. The van der Waals surface area contributed by atoms with Crippen LogP contribution in [0.3, 0.4) is 0 Å². The van der Waals surface area contributed by atoms with E-state index < -0.39 is 0 Å². The molecule has 6 N–H and O–H groups in total. The van der Waals surface area contributed by atoms with Gasteiger partial charge in [-0.25, -0.2) is 9.98 Å². The Hall–Kier alpha value is -3.36. The number of nitrogens with two attached hydrogens (primary N) is 3. The molecule has 0 atom stereocenters. The number of nitrogens with zero attached hydrogens (tertiary/aromatic N) is 5. The van der Waals surface area contributed by atoms with Crippen LogP contribution in [0.4, 0.5) is 11.8 Å². The molecule has 1 aliphatic heterocycles. The number of aliphatic imine (C=N–C) groups is 2. The Kier molecular flexibility index (Phi) is 5.70. The van der Waals surface area contributed by atoms with Crippen LogP contribution in [0.25, 0.3) is 10.9 Å². The van der Waals surface area contributed by atoms with Crippen LogP contribution in [-0.2, 0) is 0 Å². The molecule has 0 saturated heterocycles. The lowest BCUT2D eigenvalue weighted by molar-refractivity contribution is 0.406. The zero-order chi connectivity index (χ0) is 19.2. The van der Waals surface area contributed by atoms with Gasteiger partial charge >= 0.3 is 0 Å². The Labute approximate surface area is 157 Å². The standard InChI is InChI=1S/C18H24N8O/c1-27-13-5-2-4-12-16(13)24-18(21)25-17(12)23-14(20)7-11-26-10-3-9-22-15(26)6-8-19/h2,4-6,8H,3,7,9-11,19H2,1H3,(H4,20,21,23,24,25). The van der Waals surface area contributed by atoms with E-state index in [9.17, 15) is 0 Å². The van der Waals surface area contributed by atoms with Gasteiger partial charge in [0.1, 0.15) is 22.9 Å². The third kappa shape index (κ3) is 4.25. The third-order valence-corrected chi connectivity index (χ3v) is 4.22. The minimum atomic E-state index is 0.122. The molecule has 0 bridgehead atoms. The number of amidine groups is 2. The van der Waals surface area contributed by atoms with Gasteiger partial charge in [0.2, 0.25) is 5.95 Å². The summed E-state index contributed by atoms with van der Waals surface area (Å²) in [6, 6.07) is 5.53. The maximum absolute atomic E-state index is 6.16. The van der Waals surface area contributed by atoms with Crippen molar-refractivity contribution in [3.8, 4) is 5.75 Å². The van der Waals surface area contributed by atoms with Crippen molar-refractivity contribution in [1.29, 1.82) is 0 Å². The van der Waals surface area contributed by atoms with Crippen LogP contribution >= 0.6 is 0 Å². The normalized spacial score (nSPS) is 15.4. The van der Waals surface area contributed by atoms with Crippen LogP contribution in [0, 0.1) is 0 Å². The van der Waals surface area contributed by atoms with Crippen molar-refractivity contribution in [1.82, 2.24) is 14.9 Å². The number of benzene rings is 1. The molecular formula is C18H24N8O. The molecule has 27 heavy (non-hydrogen) atoms. The predicted octanol–water partition coefficient (Wildman–Crippen LogP) is 1.18. The lowest BCUT2D eigenvalue weighted by atomic mass is 10.2. The fourth-order valence-electron chi connectivity index (χ4n) is 2.96. The van der Waals surface area contributed by atoms with E-state index in [0.717, 1.165) is 30.7 Å². The molecule has 3 rings (SSSR count). The van der Waals surface area contributed by atoms with Gasteiger partial charge in [-0.05, 0) is 30.8 Å². The van der Waals surface area contributed by atoms with Crippen LogP contribution in [0.15, 0.2) is 40.5 Å². The number of hydrogen-bond donors (Lipinski definition) is 3. The van der Waals surface area contributed by atoms with Gasteiger partial charge in [-0.15, -0.1) is 0 Å². The summed E-state index contributed by atoms with van der Waals surface area (Å²) in [5.41, 5.74) is 18.1. The molecular weight excluding hydrogens is 344 g/mol. The minimum Gasteiger partial charge on any atom is -0.494 e. The number of methoxy groups -OCH3 is 1. The van der Waals surface area contributed by atoms with Gasteiger partial charge in [0.15, 0.2) is 5.82 Å². The van der Waals surface area contributed by atoms with Gasteiger partial charge in [-0.1, -0.05) is 6.07 Å². The molecule has 9 heteroatoms. The number of para-hydroxylation sites is 1. The molecule has 0 saturated carbocycles. The molecule has 142 valence electrons. The van der Waals surface area contributed by atoms with Gasteiger partial charge in [0, 0.05) is 31.4 Å². The van der Waals surface area contributed by atoms with Gasteiger partial charge in [0.05, 0.1) is 7.11 Å². The van der Waals surface area contributed by atoms with Crippen molar-refractivity contribution < 1.29 is 4.74 Å². The topological polar surface area (TPSA) is 141 Å². The third-order valence-electron chi connectivity index (χ3n) is 4.22. The first-order valence-electron chi connectivity index (χ1n) is 8.73. The molecule has 0 spiro atoms. The van der Waals surface area contributed by atoms with Crippen molar-refractivity contribution >= 4 is 34.3 Å². The smallest absolute Gasteiger partial charge is 0.222 e. The number of rotatable bonds is 6. The highest BCUT2D eigenvalue weighted by molar-refractivity contribution is 5.96. The summed E-state index contributed by atoms with van der Waals surface area (Å²) in [4.78, 5) is 19.6. The highest BCUT2D eigenvalue weighted by Crippen LogP contribution is 2.30. The fraction of sp³-hybridized carbons (Fsp3) is 0.333. The van der Waals surface area contributed by atoms with Gasteiger partial charge in [-0.3, -0.25) is 4.99 Å². The molecule has 1 aliphatic rings. The van der Waals surface area contributed by atoms with Crippen LogP contribution in [0.1, 0.15) is 12.8 Å². The number of aromatic nitrogens is 2. The summed E-state index contributed by atoms with van der Waals surface area (Å²) >= 11 is 0. The molecule has 9 nitrogen and oxygen atoms in total. The lowest BCUT2D eigenvalue weighted by Gasteiger charge is -2.27. The van der Waals surface area contributed by atoms with Crippen LogP contribution in [-0.4, -0.2) is 53.3 Å². The van der Waals surface area contributed by atoms with Gasteiger partial charge < -0.3 is 26.8 Å². The molecule has 1 aromatic heterocycles. The van der Waals surface area contributed by atoms with E-state index >= 15 is 0 Å². The number of fused-ring (bicyclic) bond motifs is 1. The van der Waals surface area contributed by atoms with E-state index in [-0.39, 0.29) is 5.95 Å². The van der Waals surface area contributed by atoms with E-state index in [1.807, 2.05) is 18.2 Å². The van der Waals surface area contributed by atoms with E-state index in [4.69, 9.17) is 21.9 Å². The Morgan fingerprint density at radius 3 is 3.00 bits per heavy atom. The SMILES string of the molecule is COc1cccc2c(N=C(N)CCN3CCCN=C3C=CN)nc(N)nc12. The average molecular weight is 368 g/mol. The summed E-state index contributed by atoms with van der Waals surface area (Å²) < 4.78 is 5.34. The van der Waals surface area contributed by atoms with E-state index in [2.05, 4.69) is 24.9 Å². The second-order valence-corrected chi connectivity index (χ2v) is 6.05. The molecule has 1 aromatic carbocycles. The number of ether oxygens (including phenoxy) is 1. The molecule has 0 aliphatic carbocycles. The summed E-state index contributed by atoms with van der Waals surface area (Å²) in [7, 11) is 1.58. The van der Waals surface area contributed by atoms with Crippen LogP contribution in [0.2, 0.25) is 0 Å². The van der Waals surface area contributed by atoms with Crippen molar-refractivity contribution in [2.24, 2.45) is 21.5 Å². The second-order valence-electron chi connectivity index (χ2n) is 6.05. The quantitative estimate of drug-likeness (QED) is 0.513. The van der Waals surface area contributed by atoms with Crippen molar-refractivity contribution in [3.63, 3.8) is 0 Å². The summed E-state index contributed by atoms with van der Waals surface area (Å²) in [6.07, 6.45) is 4.87. The zero-order valence-electron chi connectivity index (χ0n) is 15.3. The second kappa shape index (κ2) is 8.35. The Bertz CT molecular complexity index is 906. The Balaban J connectivity index is 1.82. The number of nitrogen functional groups attached to an aromatic ring is 1. The van der Waals surface area contributed by atoms with E-state index in [1.54, 1.807) is 13.2 Å². The molecule has 0 unspecified atom stereocenters. The molecule has 2 aromatic rings. The predicted molar refractivity (Wildman–Crippen MR) is 108 cm³/mol. The van der Waals surface area contributed by atoms with E-state index in [1.165, 1.54) is 6.20 Å². The largest absolute Gasteiger partial charge is 0.494 e. The summed E-state index contributed by atoms with van der Waals surface area (Å²) in [5.74, 6) is 2.50. The highest BCUT2D eigenvalue weighted by Gasteiger charge is 2.14. The summed E-state index contributed by atoms with van der Waals surface area (Å²) in [6.45, 7) is 2.42. The van der Waals surface area contributed by atoms with Gasteiger partial charge in [-0.2, -0.15) is 4.98 Å². The fourth-order valence-corrected chi connectivity index (χ4v) is 2.96. The van der Waals surface area contributed by atoms with Crippen molar-refractivity contribution in [3.05, 3.63) is 30.5 Å². The first-order valence-corrected chi connectivity index (χ1v) is 8.73. The number of hydrogen-bond acceptors (Lipinski definition) is 8. The van der Waals surface area contributed by atoms with Crippen molar-refractivity contribution in [2.75, 3.05) is 32.5 Å². The Morgan fingerprint density at radius 2 is 2.22 bits per heavy atom. The Morgan fingerprint density at radius 1 is 1.37 bits per heavy atom. The molecule has 2 heterocycles. The van der Waals surface area contributed by atoms with Gasteiger partial charge in [0.25, 0.3) is 0 Å². The molecule has 0 radical (unpaired) electrons. The first-order chi connectivity index (χ1) is 13.1. The minimum absolute atomic E-state index is 0.122. The maximum Gasteiger partial charge on any atom is 0.222 e. The zero-order valence-corrected chi connectivity index (χ0v) is 15.3. The van der Waals surface area contributed by atoms with Crippen LogP contribution in [0.5, 0.6) is 5.75 Å². The number of anilines is 1. The van der Waals surface area contributed by atoms with E-state index in [0.29, 0.717) is 35.9 Å². The van der Waals surface area contributed by atoms with Crippen LogP contribution < -0.4 is 21.9 Å². The molecule has 0 fully saturated rings. The maximum atomic E-state index is 6.16. The lowest BCUT2D eigenvalue weighted by Crippen LogP contribution is -2.37. The highest BCUT2D eigenvalue weighted by atomic mass is 16.5. The summed E-state index contributed by atoms with van der Waals surface area (Å²) in [5, 5.41) is 0.734. The molecule has 0 amide bonds. The van der Waals surface area contributed by atoms with Crippen molar-refractivity contribution in [2.45, 2.75) is 12.8 Å². The average Bonchev–Trinajstić information content (AvgIpc) is 2.67. The first kappa shape index (κ1) is 18.4.